The topological polar surface area (TPSA) is 42.5 Å². The molecule has 0 atom stereocenters. The van der Waals surface area contributed by atoms with Gasteiger partial charge in [0.25, 0.3) is 0 Å². The molecule has 1 aliphatic rings. The van der Waals surface area contributed by atoms with Crippen LogP contribution in [-0.2, 0) is 6.18 Å². The summed E-state index contributed by atoms with van der Waals surface area (Å²) >= 11 is 10.7. The third-order valence-corrected chi connectivity index (χ3v) is 3.77. The van der Waals surface area contributed by atoms with Crippen LogP contribution in [0.2, 0.25) is 5.02 Å². The van der Waals surface area contributed by atoms with Gasteiger partial charge >= 0.3 is 6.18 Å². The van der Waals surface area contributed by atoms with Crippen molar-refractivity contribution < 1.29 is 22.6 Å². The van der Waals surface area contributed by atoms with Crippen molar-refractivity contribution in [3.05, 3.63) is 47.0 Å². The van der Waals surface area contributed by atoms with Gasteiger partial charge in [0.05, 0.1) is 11.3 Å². The minimum absolute atomic E-state index is 0.00417. The molecule has 4 nitrogen and oxygen atoms in total. The van der Waals surface area contributed by atoms with Gasteiger partial charge in [-0.25, -0.2) is 0 Å². The predicted molar refractivity (Wildman–Crippen MR) is 93.7 cm³/mol. The van der Waals surface area contributed by atoms with Crippen molar-refractivity contribution >= 4 is 40.3 Å². The molecule has 0 amide bonds. The second-order valence-corrected chi connectivity index (χ2v) is 5.97. The van der Waals surface area contributed by atoms with Crippen LogP contribution in [0.1, 0.15) is 5.56 Å². The molecule has 2 aromatic rings. The Hall–Kier alpha value is -2.19. The maximum Gasteiger partial charge on any atom is 0.418 e. The molecule has 25 heavy (non-hydrogen) atoms. The largest absolute Gasteiger partial charge is 0.486 e. The summed E-state index contributed by atoms with van der Waals surface area (Å²) in [5.74, 6) is 1.15. The fourth-order valence-electron chi connectivity index (χ4n) is 2.27. The molecule has 0 fully saturated rings. The van der Waals surface area contributed by atoms with Crippen LogP contribution in [0.25, 0.3) is 0 Å². The van der Waals surface area contributed by atoms with Gasteiger partial charge in [0.2, 0.25) is 0 Å². The highest BCUT2D eigenvalue weighted by Gasteiger charge is 2.34. The summed E-state index contributed by atoms with van der Waals surface area (Å²) in [6.45, 7) is 0.898. The lowest BCUT2D eigenvalue weighted by Gasteiger charge is -2.20. The summed E-state index contributed by atoms with van der Waals surface area (Å²) in [6.07, 6.45) is -4.56. The Bertz CT molecular complexity index is 814. The summed E-state index contributed by atoms with van der Waals surface area (Å²) in [6, 6.07) is 8.47. The van der Waals surface area contributed by atoms with Crippen LogP contribution >= 0.6 is 23.8 Å². The van der Waals surface area contributed by atoms with Crippen molar-refractivity contribution in [1.29, 1.82) is 0 Å². The minimum atomic E-state index is -4.56. The van der Waals surface area contributed by atoms with Crippen LogP contribution in [0, 0.1) is 0 Å². The number of hydrogen-bond acceptors (Lipinski definition) is 3. The van der Waals surface area contributed by atoms with Gasteiger partial charge in [-0.3, -0.25) is 0 Å². The average Bonchev–Trinajstić information content (AvgIpc) is 2.55. The molecule has 0 radical (unpaired) electrons. The van der Waals surface area contributed by atoms with Crippen molar-refractivity contribution in [3.63, 3.8) is 0 Å². The van der Waals surface area contributed by atoms with E-state index in [1.165, 1.54) is 12.1 Å². The number of anilines is 2. The van der Waals surface area contributed by atoms with Crippen LogP contribution in [0.5, 0.6) is 11.5 Å². The lowest BCUT2D eigenvalue weighted by atomic mass is 10.1. The summed E-state index contributed by atoms with van der Waals surface area (Å²) in [7, 11) is 0. The third-order valence-electron chi connectivity index (χ3n) is 3.34. The molecule has 0 spiro atoms. The highest BCUT2D eigenvalue weighted by Crippen LogP contribution is 2.37. The van der Waals surface area contributed by atoms with Crippen LogP contribution in [0.4, 0.5) is 24.5 Å². The zero-order valence-corrected chi connectivity index (χ0v) is 14.2. The van der Waals surface area contributed by atoms with E-state index in [1.807, 2.05) is 0 Å². The van der Waals surface area contributed by atoms with Crippen molar-refractivity contribution in [2.24, 2.45) is 0 Å². The number of rotatable bonds is 2. The standard InChI is InChI=1S/C16H12ClF3N2O2S/c17-9-1-3-12(11(7-9)16(18,19)20)22-15(25)21-10-2-4-13-14(8-10)24-6-5-23-13/h1-4,7-8H,5-6H2,(H2,21,22,25). The van der Waals surface area contributed by atoms with Crippen LogP contribution in [0.15, 0.2) is 36.4 Å². The lowest BCUT2D eigenvalue weighted by Crippen LogP contribution is -2.22. The molecule has 0 saturated heterocycles. The predicted octanol–water partition coefficient (Wildman–Crippen LogP) is 4.94. The van der Waals surface area contributed by atoms with Crippen molar-refractivity contribution in [2.75, 3.05) is 23.8 Å². The van der Waals surface area contributed by atoms with Gasteiger partial charge in [0.1, 0.15) is 13.2 Å². The number of nitrogens with one attached hydrogen (secondary N) is 2. The molecule has 0 aromatic heterocycles. The zero-order chi connectivity index (χ0) is 18.0. The van der Waals surface area contributed by atoms with E-state index in [0.717, 1.165) is 6.07 Å². The fraction of sp³-hybridized carbons (Fsp3) is 0.188. The van der Waals surface area contributed by atoms with Crippen molar-refractivity contribution in [2.45, 2.75) is 6.18 Å². The number of alkyl halides is 3. The molecule has 0 saturated carbocycles. The summed E-state index contributed by atoms with van der Waals surface area (Å²) in [4.78, 5) is 0. The molecule has 3 rings (SSSR count). The van der Waals surface area contributed by atoms with Gasteiger partial charge < -0.3 is 20.1 Å². The molecule has 132 valence electrons. The first-order valence-electron chi connectivity index (χ1n) is 7.17. The Labute approximate surface area is 151 Å². The number of ether oxygens (including phenoxy) is 2. The number of thiocarbonyl (C=S) groups is 1. The maximum atomic E-state index is 13.1. The smallest absolute Gasteiger partial charge is 0.418 e. The average molecular weight is 389 g/mol. The number of hydrogen-bond donors (Lipinski definition) is 2. The van der Waals surface area contributed by atoms with Crippen molar-refractivity contribution in [3.8, 4) is 11.5 Å². The second kappa shape index (κ2) is 6.97. The first-order chi connectivity index (χ1) is 11.8. The minimum Gasteiger partial charge on any atom is -0.486 e. The van der Waals surface area contributed by atoms with E-state index in [-0.39, 0.29) is 15.8 Å². The highest BCUT2D eigenvalue weighted by molar-refractivity contribution is 7.80. The molecule has 2 N–H and O–H groups in total. The number of halogens is 4. The highest BCUT2D eigenvalue weighted by atomic mass is 35.5. The van der Waals surface area contributed by atoms with Gasteiger partial charge in [-0.2, -0.15) is 13.2 Å². The van der Waals surface area contributed by atoms with E-state index in [1.54, 1.807) is 18.2 Å². The Morgan fingerprint density at radius 1 is 1.00 bits per heavy atom. The maximum absolute atomic E-state index is 13.1. The number of fused-ring (bicyclic) bond motifs is 1. The van der Waals surface area contributed by atoms with Crippen molar-refractivity contribution in [1.82, 2.24) is 0 Å². The van der Waals surface area contributed by atoms with Crippen LogP contribution in [-0.4, -0.2) is 18.3 Å². The second-order valence-electron chi connectivity index (χ2n) is 5.13. The van der Waals surface area contributed by atoms with E-state index in [0.29, 0.717) is 30.4 Å². The summed E-state index contributed by atoms with van der Waals surface area (Å²) < 4.78 is 50.2. The van der Waals surface area contributed by atoms with E-state index in [2.05, 4.69) is 10.6 Å². The van der Waals surface area contributed by atoms with Gasteiger partial charge in [-0.15, -0.1) is 0 Å². The summed E-state index contributed by atoms with van der Waals surface area (Å²) in [5, 5.41) is 5.35. The molecule has 1 aliphatic heterocycles. The third kappa shape index (κ3) is 4.26. The Balaban J connectivity index is 1.75. The quantitative estimate of drug-likeness (QED) is 0.713. The molecular weight excluding hydrogens is 377 g/mol. The monoisotopic (exact) mass is 388 g/mol. The van der Waals surface area contributed by atoms with E-state index in [9.17, 15) is 13.2 Å². The fourth-order valence-corrected chi connectivity index (χ4v) is 2.67. The van der Waals surface area contributed by atoms with Crippen LogP contribution in [0.3, 0.4) is 0 Å². The molecule has 1 heterocycles. The molecule has 0 bridgehead atoms. The molecule has 2 aromatic carbocycles. The van der Waals surface area contributed by atoms with Gasteiger partial charge in [-0.1, -0.05) is 11.6 Å². The molecule has 9 heteroatoms. The van der Waals surface area contributed by atoms with E-state index >= 15 is 0 Å². The van der Waals surface area contributed by atoms with Gasteiger partial charge in [0, 0.05) is 16.8 Å². The summed E-state index contributed by atoms with van der Waals surface area (Å²) in [5.41, 5.74) is -0.525. The van der Waals surface area contributed by atoms with Crippen LogP contribution < -0.4 is 20.1 Å². The van der Waals surface area contributed by atoms with Gasteiger partial charge in [0.15, 0.2) is 16.6 Å². The normalized spacial score (nSPS) is 13.3. The Morgan fingerprint density at radius 3 is 2.44 bits per heavy atom. The SMILES string of the molecule is FC(F)(F)c1cc(Cl)ccc1NC(=S)Nc1ccc2c(c1)OCCO2. The molecule has 0 aliphatic carbocycles. The van der Waals surface area contributed by atoms with Gasteiger partial charge in [-0.05, 0) is 42.5 Å². The first-order valence-corrected chi connectivity index (χ1v) is 7.96. The Kier molecular flexibility index (Phi) is 4.91. The molecular formula is C16H12ClF3N2O2S. The zero-order valence-electron chi connectivity index (χ0n) is 12.6. The van der Waals surface area contributed by atoms with E-state index in [4.69, 9.17) is 33.3 Å². The molecule has 0 unspecified atom stereocenters. The number of benzene rings is 2. The Morgan fingerprint density at radius 2 is 1.72 bits per heavy atom. The first kappa shape index (κ1) is 17.6. The van der Waals surface area contributed by atoms with E-state index < -0.39 is 11.7 Å². The lowest BCUT2D eigenvalue weighted by molar-refractivity contribution is -0.136.